The molecule has 0 unspecified atom stereocenters. The van der Waals surface area contributed by atoms with Crippen LogP contribution in [0.5, 0.6) is 0 Å². The van der Waals surface area contributed by atoms with Gasteiger partial charge >= 0.3 is 0 Å². The van der Waals surface area contributed by atoms with E-state index in [9.17, 15) is 4.79 Å². The number of benzene rings is 2. The molecule has 7 nitrogen and oxygen atoms in total. The molecule has 2 aromatic carbocycles. The van der Waals surface area contributed by atoms with E-state index in [2.05, 4.69) is 83.4 Å². The SMILES string of the molecule is Cc1cc(C)c2cc(CN(C3CCCCC3)[C@@H](c3nnnn3Cc3ccccc3)C(C)C)c(=O)[nH]c2c1. The third kappa shape index (κ3) is 5.52. The van der Waals surface area contributed by atoms with Crippen molar-refractivity contribution in [1.82, 2.24) is 30.1 Å². The molecule has 0 radical (unpaired) electrons. The summed E-state index contributed by atoms with van der Waals surface area (Å²) in [6.45, 7) is 9.85. The molecule has 1 N–H and O–H groups in total. The Morgan fingerprint density at radius 1 is 1.05 bits per heavy atom. The van der Waals surface area contributed by atoms with E-state index in [1.807, 2.05) is 22.9 Å². The molecule has 1 aliphatic carbocycles. The van der Waals surface area contributed by atoms with Gasteiger partial charge in [-0.25, -0.2) is 4.68 Å². The van der Waals surface area contributed by atoms with E-state index in [4.69, 9.17) is 0 Å². The van der Waals surface area contributed by atoms with Gasteiger partial charge in [0.25, 0.3) is 5.56 Å². The van der Waals surface area contributed by atoms with Crippen LogP contribution >= 0.6 is 0 Å². The summed E-state index contributed by atoms with van der Waals surface area (Å²) in [5.41, 5.74) is 5.20. The number of hydrogen-bond acceptors (Lipinski definition) is 5. The average Bonchev–Trinajstić information content (AvgIpc) is 3.32. The zero-order chi connectivity index (χ0) is 25.9. The number of H-pyrrole nitrogens is 1. The number of tetrazole rings is 1. The lowest BCUT2D eigenvalue weighted by molar-refractivity contribution is 0.0611. The van der Waals surface area contributed by atoms with E-state index in [1.165, 1.54) is 30.4 Å². The summed E-state index contributed by atoms with van der Waals surface area (Å²) in [4.78, 5) is 19.0. The molecular weight excluding hydrogens is 460 g/mol. The minimum Gasteiger partial charge on any atom is -0.322 e. The second-order valence-electron chi connectivity index (χ2n) is 11.0. The van der Waals surface area contributed by atoms with Gasteiger partial charge in [-0.3, -0.25) is 9.69 Å². The van der Waals surface area contributed by atoms with Crippen molar-refractivity contribution in [2.45, 2.75) is 85.0 Å². The number of nitrogens with one attached hydrogen (secondary N) is 1. The van der Waals surface area contributed by atoms with Crippen LogP contribution in [0.25, 0.3) is 10.9 Å². The van der Waals surface area contributed by atoms with Gasteiger partial charge in [-0.15, -0.1) is 5.10 Å². The Kier molecular flexibility index (Phi) is 7.51. The Bertz CT molecular complexity index is 1400. The van der Waals surface area contributed by atoms with Gasteiger partial charge in [0.05, 0.1) is 12.6 Å². The Morgan fingerprint density at radius 2 is 1.81 bits per heavy atom. The summed E-state index contributed by atoms with van der Waals surface area (Å²) < 4.78 is 1.94. The standard InChI is InChI=1S/C30H38N6O/c1-20(2)28(29-32-33-34-36(29)18-23-11-7-5-8-12-23)35(25-13-9-6-10-14-25)19-24-17-26-22(4)15-21(3)16-27(26)31-30(24)37/h5,7-8,11-12,15-17,20,25,28H,6,9-10,13-14,18-19H2,1-4H3,(H,31,37)/t28-/m1/s1. The number of pyridine rings is 1. The molecule has 0 bridgehead atoms. The van der Waals surface area contributed by atoms with Crippen LogP contribution in [0.2, 0.25) is 0 Å². The topological polar surface area (TPSA) is 79.7 Å². The van der Waals surface area contributed by atoms with Gasteiger partial charge < -0.3 is 4.98 Å². The van der Waals surface area contributed by atoms with Crippen LogP contribution in [0, 0.1) is 19.8 Å². The number of aromatic nitrogens is 5. The first-order valence-corrected chi connectivity index (χ1v) is 13.6. The highest BCUT2D eigenvalue weighted by atomic mass is 16.1. The van der Waals surface area contributed by atoms with Crippen LogP contribution in [0.4, 0.5) is 0 Å². The van der Waals surface area contributed by atoms with Crippen molar-refractivity contribution >= 4 is 10.9 Å². The third-order valence-electron chi connectivity index (χ3n) is 7.77. The van der Waals surface area contributed by atoms with Crippen LogP contribution in [0.1, 0.15) is 80.1 Å². The van der Waals surface area contributed by atoms with E-state index in [-0.39, 0.29) is 17.5 Å². The van der Waals surface area contributed by atoms with Gasteiger partial charge in [-0.2, -0.15) is 0 Å². The molecule has 5 rings (SSSR count). The molecule has 0 saturated heterocycles. The summed E-state index contributed by atoms with van der Waals surface area (Å²) in [7, 11) is 0. The van der Waals surface area contributed by atoms with Crippen LogP contribution in [0.3, 0.4) is 0 Å². The summed E-state index contributed by atoms with van der Waals surface area (Å²) >= 11 is 0. The molecule has 2 aromatic heterocycles. The minimum absolute atomic E-state index is 0.00368. The fourth-order valence-corrected chi connectivity index (χ4v) is 6.02. The lowest BCUT2D eigenvalue weighted by Gasteiger charge is -2.41. The summed E-state index contributed by atoms with van der Waals surface area (Å²) in [5, 5.41) is 14.2. The fraction of sp³-hybridized carbons (Fsp3) is 0.467. The van der Waals surface area contributed by atoms with Gasteiger partial charge in [0.15, 0.2) is 5.82 Å². The highest BCUT2D eigenvalue weighted by molar-refractivity contribution is 5.83. The van der Waals surface area contributed by atoms with Gasteiger partial charge in [-0.05, 0) is 71.9 Å². The van der Waals surface area contributed by atoms with Crippen LogP contribution in [0.15, 0.2) is 53.3 Å². The number of aryl methyl sites for hydroxylation is 2. The number of nitrogens with zero attached hydrogens (tertiary/aromatic N) is 5. The summed E-state index contributed by atoms with van der Waals surface area (Å²) in [6, 6.07) is 17.0. The van der Waals surface area contributed by atoms with E-state index in [0.29, 0.717) is 19.1 Å². The smallest absolute Gasteiger partial charge is 0.252 e. The number of hydrogen-bond donors (Lipinski definition) is 1. The van der Waals surface area contributed by atoms with Crippen LogP contribution in [-0.4, -0.2) is 36.1 Å². The Hall–Kier alpha value is -3.32. The molecule has 1 aliphatic rings. The monoisotopic (exact) mass is 498 g/mol. The fourth-order valence-electron chi connectivity index (χ4n) is 6.02. The molecule has 37 heavy (non-hydrogen) atoms. The lowest BCUT2D eigenvalue weighted by atomic mass is 9.90. The molecule has 0 spiro atoms. The molecule has 7 heteroatoms. The zero-order valence-corrected chi connectivity index (χ0v) is 22.4. The first-order chi connectivity index (χ1) is 17.9. The van der Waals surface area contributed by atoms with E-state index < -0.39 is 0 Å². The average molecular weight is 499 g/mol. The van der Waals surface area contributed by atoms with Gasteiger partial charge in [0, 0.05) is 29.1 Å². The molecular formula is C30H38N6O. The van der Waals surface area contributed by atoms with Crippen molar-refractivity contribution in [3.05, 3.63) is 87.0 Å². The Balaban J connectivity index is 1.55. The first kappa shape index (κ1) is 25.3. The molecule has 4 aromatic rings. The second kappa shape index (κ2) is 11.0. The minimum atomic E-state index is -0.00954. The summed E-state index contributed by atoms with van der Waals surface area (Å²) in [5.74, 6) is 1.14. The van der Waals surface area contributed by atoms with Gasteiger partial charge in [-0.1, -0.05) is 69.5 Å². The predicted molar refractivity (Wildman–Crippen MR) is 147 cm³/mol. The van der Waals surface area contributed by atoms with Crippen molar-refractivity contribution in [3.63, 3.8) is 0 Å². The molecule has 1 fully saturated rings. The van der Waals surface area contributed by atoms with Crippen molar-refractivity contribution in [3.8, 4) is 0 Å². The maximum Gasteiger partial charge on any atom is 0.252 e. The Labute approximate surface area is 218 Å². The van der Waals surface area contributed by atoms with Gasteiger partial charge in [0.1, 0.15) is 0 Å². The lowest BCUT2D eigenvalue weighted by Crippen LogP contribution is -2.43. The van der Waals surface area contributed by atoms with E-state index >= 15 is 0 Å². The molecule has 2 heterocycles. The van der Waals surface area contributed by atoms with Crippen LogP contribution < -0.4 is 5.56 Å². The molecule has 0 aliphatic heterocycles. The Morgan fingerprint density at radius 3 is 2.54 bits per heavy atom. The van der Waals surface area contributed by atoms with Crippen molar-refractivity contribution in [1.29, 1.82) is 0 Å². The van der Waals surface area contributed by atoms with Crippen molar-refractivity contribution in [2.75, 3.05) is 0 Å². The number of rotatable bonds is 8. The molecule has 0 amide bonds. The van der Waals surface area contributed by atoms with E-state index in [1.54, 1.807) is 0 Å². The zero-order valence-electron chi connectivity index (χ0n) is 22.4. The van der Waals surface area contributed by atoms with E-state index in [0.717, 1.165) is 40.7 Å². The first-order valence-electron chi connectivity index (χ1n) is 13.6. The van der Waals surface area contributed by atoms with Crippen molar-refractivity contribution in [2.24, 2.45) is 5.92 Å². The molecule has 1 atom stereocenters. The maximum atomic E-state index is 13.3. The number of fused-ring (bicyclic) bond motifs is 1. The molecule has 1 saturated carbocycles. The van der Waals surface area contributed by atoms with Crippen LogP contribution in [-0.2, 0) is 13.1 Å². The highest BCUT2D eigenvalue weighted by Crippen LogP contribution is 2.35. The second-order valence-corrected chi connectivity index (χ2v) is 11.0. The normalized spacial score (nSPS) is 15.6. The van der Waals surface area contributed by atoms with Crippen molar-refractivity contribution < 1.29 is 0 Å². The highest BCUT2D eigenvalue weighted by Gasteiger charge is 2.35. The maximum absolute atomic E-state index is 13.3. The largest absolute Gasteiger partial charge is 0.322 e. The molecule has 194 valence electrons. The predicted octanol–water partition coefficient (Wildman–Crippen LogP) is 5.71. The van der Waals surface area contributed by atoms with Gasteiger partial charge in [0.2, 0.25) is 0 Å². The quantitative estimate of drug-likeness (QED) is 0.336. The third-order valence-corrected chi connectivity index (χ3v) is 7.77. The number of aromatic amines is 1. The summed E-state index contributed by atoms with van der Waals surface area (Å²) in [6.07, 6.45) is 5.97.